The van der Waals surface area contributed by atoms with Crippen molar-refractivity contribution in [1.29, 1.82) is 0 Å². The van der Waals surface area contributed by atoms with Crippen LogP contribution in [0.1, 0.15) is 41.5 Å². The van der Waals surface area contributed by atoms with Crippen molar-refractivity contribution >= 4 is 18.3 Å². The van der Waals surface area contributed by atoms with Gasteiger partial charge in [-0.3, -0.25) is 4.68 Å². The van der Waals surface area contributed by atoms with Gasteiger partial charge >= 0.3 is 12.9 Å². The second-order valence-electron chi connectivity index (χ2n) is 7.47. The SMILES string of the molecule is COC(=O)C(C)(C)n1cc(B2CC(C)(C)C(C)(C)O2)cn1. The first-order valence-electron chi connectivity index (χ1n) is 7.32. The van der Waals surface area contributed by atoms with E-state index >= 15 is 0 Å². The predicted octanol–water partition coefficient (Wildman–Crippen LogP) is 1.82. The molecule has 0 spiro atoms. The van der Waals surface area contributed by atoms with Gasteiger partial charge in [-0.1, -0.05) is 13.8 Å². The van der Waals surface area contributed by atoms with Crippen LogP contribution in [0.3, 0.4) is 0 Å². The third-order valence-electron chi connectivity index (χ3n) is 4.99. The van der Waals surface area contributed by atoms with Gasteiger partial charge in [-0.25, -0.2) is 4.79 Å². The molecule has 0 aliphatic carbocycles. The highest BCUT2D eigenvalue weighted by Crippen LogP contribution is 2.45. The average molecular weight is 292 g/mol. The highest BCUT2D eigenvalue weighted by atomic mass is 16.5. The Morgan fingerprint density at radius 3 is 2.52 bits per heavy atom. The Bertz CT molecular complexity index is 533. The van der Waals surface area contributed by atoms with Crippen molar-refractivity contribution in [3.63, 3.8) is 0 Å². The molecule has 0 aromatic carbocycles. The van der Waals surface area contributed by atoms with Crippen molar-refractivity contribution in [3.05, 3.63) is 12.4 Å². The Labute approximate surface area is 127 Å². The molecule has 1 fully saturated rings. The van der Waals surface area contributed by atoms with E-state index in [-0.39, 0.29) is 23.9 Å². The van der Waals surface area contributed by atoms with Crippen molar-refractivity contribution in [1.82, 2.24) is 9.78 Å². The van der Waals surface area contributed by atoms with Crippen LogP contribution in [0.2, 0.25) is 6.32 Å². The predicted molar refractivity (Wildman–Crippen MR) is 82.7 cm³/mol. The maximum absolute atomic E-state index is 11.9. The van der Waals surface area contributed by atoms with Crippen LogP contribution in [0, 0.1) is 5.41 Å². The summed E-state index contributed by atoms with van der Waals surface area (Å²) in [5.74, 6) is -0.315. The van der Waals surface area contributed by atoms with Gasteiger partial charge in [0.25, 0.3) is 0 Å². The molecule has 0 amide bonds. The molecule has 116 valence electrons. The summed E-state index contributed by atoms with van der Waals surface area (Å²) in [4.78, 5) is 11.9. The number of esters is 1. The number of aromatic nitrogens is 2. The van der Waals surface area contributed by atoms with Gasteiger partial charge in [0.2, 0.25) is 0 Å². The fourth-order valence-electron chi connectivity index (χ4n) is 2.60. The van der Waals surface area contributed by atoms with Crippen molar-refractivity contribution in [2.24, 2.45) is 5.41 Å². The average Bonchev–Trinajstić information content (AvgIpc) is 2.92. The molecule has 0 atom stereocenters. The van der Waals surface area contributed by atoms with Gasteiger partial charge in [0.1, 0.15) is 0 Å². The molecule has 2 heterocycles. The van der Waals surface area contributed by atoms with E-state index in [9.17, 15) is 4.79 Å². The molecule has 1 aromatic heterocycles. The lowest BCUT2D eigenvalue weighted by molar-refractivity contribution is -0.150. The number of carbonyl (C=O) groups is 1. The largest absolute Gasteiger partial charge is 0.467 e. The number of ether oxygens (including phenoxy) is 1. The second-order valence-corrected chi connectivity index (χ2v) is 7.47. The van der Waals surface area contributed by atoms with Crippen molar-refractivity contribution in [2.45, 2.75) is 59.0 Å². The highest BCUT2D eigenvalue weighted by molar-refractivity contribution is 6.68. The minimum absolute atomic E-state index is 0.0113. The van der Waals surface area contributed by atoms with E-state index in [0.717, 1.165) is 11.8 Å². The molecule has 5 nitrogen and oxygen atoms in total. The van der Waals surface area contributed by atoms with Gasteiger partial charge < -0.3 is 9.39 Å². The van der Waals surface area contributed by atoms with Gasteiger partial charge in [0.15, 0.2) is 5.54 Å². The molecule has 0 radical (unpaired) electrons. The molecule has 21 heavy (non-hydrogen) atoms. The quantitative estimate of drug-likeness (QED) is 0.630. The van der Waals surface area contributed by atoms with Gasteiger partial charge in [0.05, 0.1) is 12.7 Å². The Kier molecular flexibility index (Phi) is 3.73. The van der Waals surface area contributed by atoms with Crippen LogP contribution in [0.4, 0.5) is 0 Å². The maximum Gasteiger partial charge on any atom is 0.333 e. The van der Waals surface area contributed by atoms with Crippen LogP contribution >= 0.6 is 0 Å². The van der Waals surface area contributed by atoms with E-state index in [1.165, 1.54) is 7.11 Å². The first kappa shape index (κ1) is 16.1. The monoisotopic (exact) mass is 292 g/mol. The number of carbonyl (C=O) groups excluding carboxylic acids is 1. The Morgan fingerprint density at radius 2 is 2.05 bits per heavy atom. The standard InChI is InChI=1S/C15H25BN2O3/c1-13(2)10-16(21-15(13,5)6)11-8-17-18(9-11)14(3,4)12(19)20-7/h8-9H,10H2,1-7H3. The van der Waals surface area contributed by atoms with Crippen molar-refractivity contribution < 1.29 is 14.2 Å². The summed E-state index contributed by atoms with van der Waals surface area (Å²) >= 11 is 0. The van der Waals surface area contributed by atoms with E-state index in [1.807, 2.05) is 6.20 Å². The smallest absolute Gasteiger partial charge is 0.333 e. The third kappa shape index (κ3) is 2.61. The molecule has 1 aromatic rings. The van der Waals surface area contributed by atoms with Crippen LogP contribution in [-0.4, -0.2) is 35.4 Å². The van der Waals surface area contributed by atoms with Crippen LogP contribution in [0.25, 0.3) is 0 Å². The van der Waals surface area contributed by atoms with Gasteiger partial charge in [-0.15, -0.1) is 0 Å². The number of nitrogens with zero attached hydrogens (tertiary/aromatic N) is 2. The summed E-state index contributed by atoms with van der Waals surface area (Å²) in [7, 11) is 1.39. The molecule has 2 rings (SSSR count). The minimum Gasteiger partial charge on any atom is -0.467 e. The zero-order valence-corrected chi connectivity index (χ0v) is 14.1. The fraction of sp³-hybridized carbons (Fsp3) is 0.733. The lowest BCUT2D eigenvalue weighted by Gasteiger charge is -2.34. The Hall–Kier alpha value is -1.30. The van der Waals surface area contributed by atoms with E-state index < -0.39 is 5.54 Å². The minimum atomic E-state index is -0.823. The van der Waals surface area contributed by atoms with Crippen LogP contribution in [0.15, 0.2) is 12.4 Å². The summed E-state index contributed by atoms with van der Waals surface area (Å²) in [5, 5.41) is 4.33. The van der Waals surface area contributed by atoms with E-state index in [1.54, 1.807) is 24.7 Å². The van der Waals surface area contributed by atoms with Gasteiger partial charge in [-0.05, 0) is 44.9 Å². The fourth-order valence-corrected chi connectivity index (χ4v) is 2.60. The third-order valence-corrected chi connectivity index (χ3v) is 4.99. The molecule has 0 saturated carbocycles. The van der Waals surface area contributed by atoms with E-state index in [2.05, 4.69) is 32.8 Å². The normalized spacial score (nSPS) is 20.6. The molecule has 0 bridgehead atoms. The molecule has 1 aliphatic rings. The summed E-state index contributed by atoms with van der Waals surface area (Å²) in [6.07, 6.45) is 4.61. The van der Waals surface area contributed by atoms with Crippen molar-refractivity contribution in [3.8, 4) is 0 Å². The summed E-state index contributed by atoms with van der Waals surface area (Å²) in [5.41, 5.74) is 0.0944. The number of rotatable bonds is 3. The maximum atomic E-state index is 11.9. The first-order valence-corrected chi connectivity index (χ1v) is 7.32. The number of hydrogen-bond acceptors (Lipinski definition) is 4. The van der Waals surface area contributed by atoms with E-state index in [4.69, 9.17) is 9.39 Å². The zero-order chi connectivity index (χ0) is 16.1. The lowest BCUT2D eigenvalue weighted by atomic mass is 9.55. The second kappa shape index (κ2) is 4.87. The first-order chi connectivity index (χ1) is 9.51. The van der Waals surface area contributed by atoms with Gasteiger partial charge in [-0.2, -0.15) is 5.10 Å². The summed E-state index contributed by atoms with van der Waals surface area (Å²) in [6, 6.07) is 0. The summed E-state index contributed by atoms with van der Waals surface area (Å²) in [6.45, 7) is 12.3. The lowest BCUT2D eigenvalue weighted by Crippen LogP contribution is -2.38. The highest BCUT2D eigenvalue weighted by Gasteiger charge is 2.50. The molecule has 1 aliphatic heterocycles. The van der Waals surface area contributed by atoms with Crippen LogP contribution in [-0.2, 0) is 19.7 Å². The Morgan fingerprint density at radius 1 is 1.43 bits per heavy atom. The van der Waals surface area contributed by atoms with E-state index in [0.29, 0.717) is 0 Å². The number of methoxy groups -OCH3 is 1. The van der Waals surface area contributed by atoms with Crippen molar-refractivity contribution in [2.75, 3.05) is 7.11 Å². The zero-order valence-electron chi connectivity index (χ0n) is 14.1. The molecule has 0 N–H and O–H groups in total. The number of hydrogen-bond donors (Lipinski definition) is 0. The van der Waals surface area contributed by atoms with Crippen LogP contribution < -0.4 is 5.46 Å². The molecule has 0 unspecified atom stereocenters. The Balaban J connectivity index is 2.25. The van der Waals surface area contributed by atoms with Gasteiger partial charge in [0, 0.05) is 12.4 Å². The van der Waals surface area contributed by atoms with Crippen LogP contribution in [0.5, 0.6) is 0 Å². The molecular formula is C15H25BN2O3. The topological polar surface area (TPSA) is 53.4 Å². The molecule has 6 heteroatoms. The molecule has 1 saturated heterocycles. The summed E-state index contributed by atoms with van der Waals surface area (Å²) < 4.78 is 12.7. The molecular weight excluding hydrogens is 267 g/mol.